The van der Waals surface area contributed by atoms with Gasteiger partial charge in [-0.25, -0.2) is 4.79 Å². The number of anilines is 1. The van der Waals surface area contributed by atoms with Crippen molar-refractivity contribution in [2.24, 2.45) is 0 Å². The van der Waals surface area contributed by atoms with Gasteiger partial charge in [0.05, 0.1) is 6.54 Å². The molecule has 0 saturated heterocycles. The molecule has 3 N–H and O–H groups in total. The molecule has 0 aromatic heterocycles. The van der Waals surface area contributed by atoms with Crippen LogP contribution in [0.3, 0.4) is 0 Å². The van der Waals surface area contributed by atoms with Crippen molar-refractivity contribution in [1.82, 2.24) is 10.6 Å². The quantitative estimate of drug-likeness (QED) is 0.670. The predicted octanol–water partition coefficient (Wildman–Crippen LogP) is 3.28. The number of carbonyl (C=O) groups excluding carboxylic acids is 2. The van der Waals surface area contributed by atoms with Gasteiger partial charge in [0.25, 0.3) is 0 Å². The molecule has 3 aromatic carbocycles. The second-order valence-corrected chi connectivity index (χ2v) is 5.60. The summed E-state index contributed by atoms with van der Waals surface area (Å²) in [4.78, 5) is 23.9. The third-order valence-electron chi connectivity index (χ3n) is 3.77. The molecule has 0 fully saturated rings. The molecule has 0 unspecified atom stereocenters. The topological polar surface area (TPSA) is 70.2 Å². The molecular weight excluding hydrogens is 314 g/mol. The van der Waals surface area contributed by atoms with Crippen LogP contribution in [0.1, 0.15) is 5.56 Å². The Balaban J connectivity index is 1.50. The van der Waals surface area contributed by atoms with E-state index in [1.165, 1.54) is 0 Å². The van der Waals surface area contributed by atoms with Crippen LogP contribution in [0.25, 0.3) is 10.8 Å². The number of rotatable bonds is 5. The third-order valence-corrected chi connectivity index (χ3v) is 3.77. The molecule has 0 bridgehead atoms. The maximum absolute atomic E-state index is 12.1. The van der Waals surface area contributed by atoms with Crippen LogP contribution in [-0.4, -0.2) is 18.5 Å². The molecule has 0 atom stereocenters. The van der Waals surface area contributed by atoms with Crippen LogP contribution in [0.2, 0.25) is 0 Å². The van der Waals surface area contributed by atoms with E-state index in [-0.39, 0.29) is 18.5 Å². The second-order valence-electron chi connectivity index (χ2n) is 5.60. The van der Waals surface area contributed by atoms with Gasteiger partial charge in [-0.15, -0.1) is 0 Å². The van der Waals surface area contributed by atoms with Crippen molar-refractivity contribution in [3.05, 3.63) is 78.4 Å². The standard InChI is InChI=1S/C20H19N3O2/c24-19(14-22-20(25)21-13-15-7-2-1-3-8-15)23-18-12-6-10-16-9-4-5-11-17(16)18/h1-12H,13-14H2,(H,23,24)(H2,21,22,25). The van der Waals surface area contributed by atoms with Crippen molar-refractivity contribution < 1.29 is 9.59 Å². The summed E-state index contributed by atoms with van der Waals surface area (Å²) in [7, 11) is 0. The molecule has 5 heteroatoms. The van der Waals surface area contributed by atoms with Crippen molar-refractivity contribution >= 4 is 28.4 Å². The molecule has 0 radical (unpaired) electrons. The van der Waals surface area contributed by atoms with Crippen LogP contribution in [0.15, 0.2) is 72.8 Å². The van der Waals surface area contributed by atoms with Gasteiger partial charge < -0.3 is 16.0 Å². The molecule has 0 aliphatic rings. The molecule has 3 amide bonds. The van der Waals surface area contributed by atoms with Gasteiger partial charge >= 0.3 is 6.03 Å². The molecule has 0 aliphatic heterocycles. The zero-order valence-corrected chi connectivity index (χ0v) is 13.7. The minimum Gasteiger partial charge on any atom is -0.334 e. The molecule has 0 aliphatic carbocycles. The normalized spacial score (nSPS) is 10.2. The number of nitrogens with one attached hydrogen (secondary N) is 3. The lowest BCUT2D eigenvalue weighted by Crippen LogP contribution is -2.39. The highest BCUT2D eigenvalue weighted by molar-refractivity contribution is 6.03. The number of urea groups is 1. The first-order chi connectivity index (χ1) is 12.2. The molecule has 3 rings (SSSR count). The van der Waals surface area contributed by atoms with E-state index in [9.17, 15) is 9.59 Å². The lowest BCUT2D eigenvalue weighted by atomic mass is 10.1. The van der Waals surface area contributed by atoms with E-state index in [0.29, 0.717) is 6.54 Å². The van der Waals surface area contributed by atoms with Gasteiger partial charge in [0, 0.05) is 17.6 Å². The van der Waals surface area contributed by atoms with Crippen LogP contribution >= 0.6 is 0 Å². The van der Waals surface area contributed by atoms with Crippen LogP contribution in [-0.2, 0) is 11.3 Å². The zero-order chi connectivity index (χ0) is 17.5. The highest BCUT2D eigenvalue weighted by atomic mass is 16.2. The molecule has 0 spiro atoms. The van der Waals surface area contributed by atoms with Crippen molar-refractivity contribution in [3.8, 4) is 0 Å². The highest BCUT2D eigenvalue weighted by Gasteiger charge is 2.07. The van der Waals surface area contributed by atoms with E-state index in [4.69, 9.17) is 0 Å². The minimum absolute atomic E-state index is 0.0934. The number of hydrogen-bond acceptors (Lipinski definition) is 2. The maximum atomic E-state index is 12.1. The predicted molar refractivity (Wildman–Crippen MR) is 99.3 cm³/mol. The van der Waals surface area contributed by atoms with Gasteiger partial charge in [0.2, 0.25) is 5.91 Å². The first-order valence-corrected chi connectivity index (χ1v) is 8.05. The number of benzene rings is 3. The van der Waals surface area contributed by atoms with Crippen molar-refractivity contribution in [2.45, 2.75) is 6.54 Å². The summed E-state index contributed by atoms with van der Waals surface area (Å²) in [5.41, 5.74) is 1.73. The summed E-state index contributed by atoms with van der Waals surface area (Å²) in [5.74, 6) is -0.272. The molecule has 25 heavy (non-hydrogen) atoms. The Bertz CT molecular complexity index is 873. The lowest BCUT2D eigenvalue weighted by molar-refractivity contribution is -0.115. The lowest BCUT2D eigenvalue weighted by Gasteiger charge is -2.10. The number of amides is 3. The monoisotopic (exact) mass is 333 g/mol. The summed E-state index contributed by atoms with van der Waals surface area (Å²) in [6, 6.07) is 22.7. The van der Waals surface area contributed by atoms with E-state index in [2.05, 4.69) is 16.0 Å². The zero-order valence-electron chi connectivity index (χ0n) is 13.7. The number of carbonyl (C=O) groups is 2. The van der Waals surface area contributed by atoms with Gasteiger partial charge in [0.15, 0.2) is 0 Å². The Kier molecular flexibility index (Phi) is 5.26. The summed E-state index contributed by atoms with van der Waals surface area (Å²) in [5, 5.41) is 10.1. The van der Waals surface area contributed by atoms with Crippen LogP contribution in [0.4, 0.5) is 10.5 Å². The Morgan fingerprint density at radius 3 is 2.32 bits per heavy atom. The molecule has 5 nitrogen and oxygen atoms in total. The van der Waals surface area contributed by atoms with Crippen LogP contribution < -0.4 is 16.0 Å². The summed E-state index contributed by atoms with van der Waals surface area (Å²) < 4.78 is 0. The van der Waals surface area contributed by atoms with E-state index in [0.717, 1.165) is 22.0 Å². The Hall–Kier alpha value is -3.34. The average Bonchev–Trinajstić information content (AvgIpc) is 2.66. The van der Waals surface area contributed by atoms with Crippen molar-refractivity contribution in [3.63, 3.8) is 0 Å². The van der Waals surface area contributed by atoms with Gasteiger partial charge in [-0.05, 0) is 17.0 Å². The molecule has 0 saturated carbocycles. The van der Waals surface area contributed by atoms with Crippen molar-refractivity contribution in [1.29, 1.82) is 0 Å². The van der Waals surface area contributed by atoms with Gasteiger partial charge in [-0.1, -0.05) is 66.7 Å². The van der Waals surface area contributed by atoms with E-state index in [1.54, 1.807) is 0 Å². The smallest absolute Gasteiger partial charge is 0.315 e. The molecule has 126 valence electrons. The molecule has 0 heterocycles. The Labute approximate surface area is 146 Å². The molecular formula is C20H19N3O2. The number of fused-ring (bicyclic) bond motifs is 1. The van der Waals surface area contributed by atoms with Crippen LogP contribution in [0.5, 0.6) is 0 Å². The first-order valence-electron chi connectivity index (χ1n) is 8.05. The average molecular weight is 333 g/mol. The summed E-state index contributed by atoms with van der Waals surface area (Å²) in [6.45, 7) is 0.321. The first kappa shape index (κ1) is 16.5. The van der Waals surface area contributed by atoms with E-state index in [1.807, 2.05) is 72.8 Å². The van der Waals surface area contributed by atoms with E-state index < -0.39 is 0 Å². The Morgan fingerprint density at radius 2 is 1.48 bits per heavy atom. The third kappa shape index (κ3) is 4.57. The minimum atomic E-state index is -0.378. The van der Waals surface area contributed by atoms with E-state index >= 15 is 0 Å². The van der Waals surface area contributed by atoms with Gasteiger partial charge in [-0.3, -0.25) is 4.79 Å². The van der Waals surface area contributed by atoms with Crippen LogP contribution in [0, 0.1) is 0 Å². The number of hydrogen-bond donors (Lipinski definition) is 3. The summed E-state index contributed by atoms with van der Waals surface area (Å²) >= 11 is 0. The Morgan fingerprint density at radius 1 is 0.760 bits per heavy atom. The second kappa shape index (κ2) is 7.97. The van der Waals surface area contributed by atoms with Gasteiger partial charge in [0.1, 0.15) is 0 Å². The molecule has 3 aromatic rings. The fourth-order valence-corrected chi connectivity index (χ4v) is 2.53. The fraction of sp³-hybridized carbons (Fsp3) is 0.100. The largest absolute Gasteiger partial charge is 0.334 e. The SMILES string of the molecule is O=C(CNC(=O)NCc1ccccc1)Nc1cccc2ccccc12. The van der Waals surface area contributed by atoms with Crippen molar-refractivity contribution in [2.75, 3.05) is 11.9 Å². The summed E-state index contributed by atoms with van der Waals surface area (Å²) in [6.07, 6.45) is 0. The highest BCUT2D eigenvalue weighted by Crippen LogP contribution is 2.22. The fourth-order valence-electron chi connectivity index (χ4n) is 2.53. The van der Waals surface area contributed by atoms with Gasteiger partial charge in [-0.2, -0.15) is 0 Å². The maximum Gasteiger partial charge on any atom is 0.315 e.